The standard InChI is InChI=1S/C14H14N2O.2ClH/c15-14(16)12-7-4-8-13(9-12)17-10-11-5-2-1-3-6-11;;/h1-9H,10H2,(H3,15,16);2*1H. The lowest BCUT2D eigenvalue weighted by Crippen LogP contribution is -2.10. The Labute approximate surface area is 125 Å². The van der Waals surface area contributed by atoms with Gasteiger partial charge in [0.1, 0.15) is 18.2 Å². The number of hydrogen-bond donors (Lipinski definition) is 2. The molecule has 0 aliphatic carbocycles. The van der Waals surface area contributed by atoms with Crippen LogP contribution in [0.25, 0.3) is 0 Å². The van der Waals surface area contributed by atoms with Crippen LogP contribution in [0.15, 0.2) is 54.6 Å². The van der Waals surface area contributed by atoms with Gasteiger partial charge in [0.15, 0.2) is 0 Å². The highest BCUT2D eigenvalue weighted by Gasteiger charge is 1.99. The molecule has 0 atom stereocenters. The van der Waals surface area contributed by atoms with Gasteiger partial charge < -0.3 is 10.5 Å². The van der Waals surface area contributed by atoms with Gasteiger partial charge in [-0.2, -0.15) is 0 Å². The zero-order chi connectivity index (χ0) is 12.1. The molecule has 0 aliphatic rings. The molecule has 102 valence electrons. The van der Waals surface area contributed by atoms with Crippen LogP contribution in [0.2, 0.25) is 0 Å². The quantitative estimate of drug-likeness (QED) is 0.671. The molecule has 5 heteroatoms. The normalized spacial score (nSPS) is 8.84. The minimum Gasteiger partial charge on any atom is -0.489 e. The number of nitrogens with one attached hydrogen (secondary N) is 1. The van der Waals surface area contributed by atoms with Gasteiger partial charge in [-0.05, 0) is 17.7 Å². The molecule has 0 saturated heterocycles. The molecule has 0 amide bonds. The minimum absolute atomic E-state index is 0. The Hall–Kier alpha value is -1.71. The average molecular weight is 299 g/mol. The molecule has 19 heavy (non-hydrogen) atoms. The van der Waals surface area contributed by atoms with E-state index in [2.05, 4.69) is 0 Å². The topological polar surface area (TPSA) is 59.1 Å². The predicted molar refractivity (Wildman–Crippen MR) is 82.7 cm³/mol. The second kappa shape index (κ2) is 8.40. The molecule has 2 rings (SSSR count). The number of rotatable bonds is 4. The second-order valence-electron chi connectivity index (χ2n) is 3.72. The summed E-state index contributed by atoms with van der Waals surface area (Å²) >= 11 is 0. The van der Waals surface area contributed by atoms with Crippen molar-refractivity contribution in [3.05, 3.63) is 65.7 Å². The van der Waals surface area contributed by atoms with Crippen LogP contribution in [0.1, 0.15) is 11.1 Å². The van der Waals surface area contributed by atoms with Crippen LogP contribution in [-0.2, 0) is 6.61 Å². The van der Waals surface area contributed by atoms with E-state index in [0.717, 1.165) is 11.3 Å². The summed E-state index contributed by atoms with van der Waals surface area (Å²) in [6.07, 6.45) is 0. The molecule has 0 fully saturated rings. The van der Waals surface area contributed by atoms with E-state index in [0.29, 0.717) is 12.2 Å². The Bertz CT molecular complexity index is 518. The molecule has 0 aromatic heterocycles. The molecule has 3 nitrogen and oxygen atoms in total. The summed E-state index contributed by atoms with van der Waals surface area (Å²) in [6.45, 7) is 0.516. The maximum absolute atomic E-state index is 7.35. The molecule has 0 bridgehead atoms. The SMILES string of the molecule is Cl.Cl.N=C(N)c1cccc(OCc2ccccc2)c1. The van der Waals surface area contributed by atoms with Crippen molar-refractivity contribution < 1.29 is 4.74 Å². The first-order valence-corrected chi connectivity index (χ1v) is 5.37. The predicted octanol–water partition coefficient (Wildman–Crippen LogP) is 3.39. The Morgan fingerprint density at radius 1 is 1.00 bits per heavy atom. The highest BCUT2D eigenvalue weighted by atomic mass is 35.5. The summed E-state index contributed by atoms with van der Waals surface area (Å²) in [5.41, 5.74) is 7.21. The van der Waals surface area contributed by atoms with Crippen molar-refractivity contribution in [1.82, 2.24) is 0 Å². The number of halogens is 2. The summed E-state index contributed by atoms with van der Waals surface area (Å²) in [6, 6.07) is 17.2. The summed E-state index contributed by atoms with van der Waals surface area (Å²) in [4.78, 5) is 0. The van der Waals surface area contributed by atoms with Crippen LogP contribution in [0.4, 0.5) is 0 Å². The van der Waals surface area contributed by atoms with Crippen molar-refractivity contribution >= 4 is 30.6 Å². The highest BCUT2D eigenvalue weighted by molar-refractivity contribution is 5.95. The molecule has 2 aromatic rings. The van der Waals surface area contributed by atoms with Gasteiger partial charge in [0.25, 0.3) is 0 Å². The second-order valence-corrected chi connectivity index (χ2v) is 3.72. The smallest absolute Gasteiger partial charge is 0.122 e. The third-order valence-corrected chi connectivity index (χ3v) is 2.39. The molecular weight excluding hydrogens is 283 g/mol. The molecule has 0 unspecified atom stereocenters. The van der Waals surface area contributed by atoms with Crippen LogP contribution in [0.3, 0.4) is 0 Å². The van der Waals surface area contributed by atoms with Gasteiger partial charge in [-0.15, -0.1) is 24.8 Å². The van der Waals surface area contributed by atoms with Crippen LogP contribution in [0.5, 0.6) is 5.75 Å². The van der Waals surface area contributed by atoms with Gasteiger partial charge in [-0.25, -0.2) is 0 Å². The van der Waals surface area contributed by atoms with E-state index >= 15 is 0 Å². The third-order valence-electron chi connectivity index (χ3n) is 2.39. The first-order valence-electron chi connectivity index (χ1n) is 5.37. The van der Waals surface area contributed by atoms with E-state index in [9.17, 15) is 0 Å². The first-order chi connectivity index (χ1) is 8.25. The van der Waals surface area contributed by atoms with Crippen molar-refractivity contribution in [2.24, 2.45) is 5.73 Å². The van der Waals surface area contributed by atoms with Crippen LogP contribution in [0, 0.1) is 5.41 Å². The number of hydrogen-bond acceptors (Lipinski definition) is 2. The number of amidine groups is 1. The van der Waals surface area contributed by atoms with Gasteiger partial charge in [0, 0.05) is 5.56 Å². The fourth-order valence-corrected chi connectivity index (χ4v) is 1.49. The maximum Gasteiger partial charge on any atom is 0.122 e. The Balaban J connectivity index is 0.00000162. The van der Waals surface area contributed by atoms with Crippen molar-refractivity contribution in [2.45, 2.75) is 6.61 Å². The molecule has 0 heterocycles. The van der Waals surface area contributed by atoms with Crippen molar-refractivity contribution in [1.29, 1.82) is 5.41 Å². The number of nitrogens with two attached hydrogens (primary N) is 1. The van der Waals surface area contributed by atoms with Crippen LogP contribution < -0.4 is 10.5 Å². The van der Waals surface area contributed by atoms with E-state index in [1.165, 1.54) is 0 Å². The zero-order valence-electron chi connectivity index (χ0n) is 10.2. The number of benzene rings is 2. The van der Waals surface area contributed by atoms with Crippen molar-refractivity contribution in [3.8, 4) is 5.75 Å². The lowest BCUT2D eigenvalue weighted by molar-refractivity contribution is 0.306. The Morgan fingerprint density at radius 2 is 1.68 bits per heavy atom. The number of ether oxygens (including phenoxy) is 1. The van der Waals surface area contributed by atoms with E-state index in [4.69, 9.17) is 15.9 Å². The van der Waals surface area contributed by atoms with E-state index in [1.54, 1.807) is 12.1 Å². The number of nitrogen functional groups attached to an aromatic ring is 1. The largest absolute Gasteiger partial charge is 0.489 e. The van der Waals surface area contributed by atoms with Gasteiger partial charge in [-0.3, -0.25) is 5.41 Å². The summed E-state index contributed by atoms with van der Waals surface area (Å²) in [5, 5.41) is 7.35. The molecule has 2 aromatic carbocycles. The van der Waals surface area contributed by atoms with Crippen molar-refractivity contribution in [2.75, 3.05) is 0 Å². The van der Waals surface area contributed by atoms with Gasteiger partial charge in [0.05, 0.1) is 0 Å². The van der Waals surface area contributed by atoms with Crippen molar-refractivity contribution in [3.63, 3.8) is 0 Å². The Kier molecular flexibility index (Phi) is 7.65. The molecule has 0 radical (unpaired) electrons. The lowest BCUT2D eigenvalue weighted by Gasteiger charge is -2.07. The van der Waals surface area contributed by atoms with E-state index in [1.807, 2.05) is 42.5 Å². The average Bonchev–Trinajstić information content (AvgIpc) is 2.38. The monoisotopic (exact) mass is 298 g/mol. The summed E-state index contributed by atoms with van der Waals surface area (Å²) in [7, 11) is 0. The third kappa shape index (κ3) is 5.20. The van der Waals surface area contributed by atoms with Gasteiger partial charge >= 0.3 is 0 Å². The van der Waals surface area contributed by atoms with E-state index in [-0.39, 0.29) is 30.6 Å². The zero-order valence-corrected chi connectivity index (χ0v) is 11.8. The van der Waals surface area contributed by atoms with Gasteiger partial charge in [-0.1, -0.05) is 42.5 Å². The molecular formula is C14H16Cl2N2O. The summed E-state index contributed by atoms with van der Waals surface area (Å²) < 4.78 is 5.63. The molecule has 0 aliphatic heterocycles. The van der Waals surface area contributed by atoms with E-state index < -0.39 is 0 Å². The highest BCUT2D eigenvalue weighted by Crippen LogP contribution is 2.14. The lowest BCUT2D eigenvalue weighted by atomic mass is 10.2. The molecule has 3 N–H and O–H groups in total. The molecule has 0 saturated carbocycles. The molecule has 0 spiro atoms. The van der Waals surface area contributed by atoms with Crippen LogP contribution in [-0.4, -0.2) is 5.84 Å². The van der Waals surface area contributed by atoms with Gasteiger partial charge in [0.2, 0.25) is 0 Å². The van der Waals surface area contributed by atoms with Crippen LogP contribution >= 0.6 is 24.8 Å². The first kappa shape index (κ1) is 17.3. The Morgan fingerprint density at radius 3 is 2.32 bits per heavy atom. The fourth-order valence-electron chi connectivity index (χ4n) is 1.49. The minimum atomic E-state index is 0. The maximum atomic E-state index is 7.35. The summed E-state index contributed by atoms with van der Waals surface area (Å²) in [5.74, 6) is 0.775. The fraction of sp³-hybridized carbons (Fsp3) is 0.0714.